The summed E-state index contributed by atoms with van der Waals surface area (Å²) in [5, 5.41) is 12.9. The summed E-state index contributed by atoms with van der Waals surface area (Å²) in [6, 6.07) is 19.2. The summed E-state index contributed by atoms with van der Waals surface area (Å²) < 4.78 is 0. The normalized spacial score (nSPS) is 10.7. The van der Waals surface area contributed by atoms with E-state index in [-0.39, 0.29) is 5.75 Å². The molecule has 0 aliphatic rings. The largest absolute Gasteiger partial charge is 0.507 e. The van der Waals surface area contributed by atoms with Crippen molar-refractivity contribution in [1.82, 2.24) is 0 Å². The number of rotatable bonds is 1. The van der Waals surface area contributed by atoms with Gasteiger partial charge in [-0.05, 0) is 34.5 Å². The van der Waals surface area contributed by atoms with Crippen LogP contribution in [-0.4, -0.2) is 5.11 Å². The lowest BCUT2D eigenvalue weighted by atomic mass is 9.97. The SMILES string of the molecule is Oc1ccc2ccccc2c1-c1cccc(Cl)c1. The number of hydrogen-bond acceptors (Lipinski definition) is 1. The zero-order chi connectivity index (χ0) is 12.5. The molecule has 0 spiro atoms. The predicted octanol–water partition coefficient (Wildman–Crippen LogP) is 4.87. The molecular weight excluding hydrogens is 244 g/mol. The van der Waals surface area contributed by atoms with Crippen molar-refractivity contribution in [3.05, 3.63) is 65.7 Å². The van der Waals surface area contributed by atoms with E-state index in [2.05, 4.69) is 0 Å². The number of aromatic hydroxyl groups is 1. The first-order valence-corrected chi connectivity index (χ1v) is 6.10. The number of hydrogen-bond donors (Lipinski definition) is 1. The van der Waals surface area contributed by atoms with Gasteiger partial charge in [0.25, 0.3) is 0 Å². The van der Waals surface area contributed by atoms with Crippen LogP contribution >= 0.6 is 11.6 Å². The molecule has 0 amide bonds. The Morgan fingerprint density at radius 1 is 0.833 bits per heavy atom. The Balaban J connectivity index is 2.37. The highest BCUT2D eigenvalue weighted by atomic mass is 35.5. The quantitative estimate of drug-likeness (QED) is 0.657. The van der Waals surface area contributed by atoms with E-state index in [1.54, 1.807) is 6.07 Å². The third kappa shape index (κ3) is 1.83. The standard InChI is InChI=1S/C16H11ClO/c17-13-6-3-5-12(10-13)16-14-7-2-1-4-11(14)8-9-15(16)18/h1-10,18H. The summed E-state index contributed by atoms with van der Waals surface area (Å²) in [6.45, 7) is 0. The minimum absolute atomic E-state index is 0.274. The maximum Gasteiger partial charge on any atom is 0.124 e. The molecule has 1 N–H and O–H groups in total. The lowest BCUT2D eigenvalue weighted by molar-refractivity contribution is 0.478. The summed E-state index contributed by atoms with van der Waals surface area (Å²) in [7, 11) is 0. The summed E-state index contributed by atoms with van der Waals surface area (Å²) in [5.74, 6) is 0.274. The first-order chi connectivity index (χ1) is 8.75. The van der Waals surface area contributed by atoms with Crippen molar-refractivity contribution in [3.8, 4) is 16.9 Å². The minimum Gasteiger partial charge on any atom is -0.507 e. The first kappa shape index (κ1) is 11.1. The van der Waals surface area contributed by atoms with E-state index in [0.717, 1.165) is 21.9 Å². The van der Waals surface area contributed by atoms with Crippen molar-refractivity contribution in [3.63, 3.8) is 0 Å². The van der Waals surface area contributed by atoms with Crippen LogP contribution in [0.15, 0.2) is 60.7 Å². The molecule has 3 aromatic carbocycles. The van der Waals surface area contributed by atoms with Crippen LogP contribution < -0.4 is 0 Å². The third-order valence-corrected chi connectivity index (χ3v) is 3.26. The lowest BCUT2D eigenvalue weighted by Crippen LogP contribution is -1.82. The Labute approximate surface area is 110 Å². The van der Waals surface area contributed by atoms with Crippen molar-refractivity contribution < 1.29 is 5.11 Å². The summed E-state index contributed by atoms with van der Waals surface area (Å²) >= 11 is 6.02. The Morgan fingerprint density at radius 3 is 2.50 bits per heavy atom. The minimum atomic E-state index is 0.274. The van der Waals surface area contributed by atoms with E-state index >= 15 is 0 Å². The topological polar surface area (TPSA) is 20.2 Å². The molecule has 0 aliphatic heterocycles. The van der Waals surface area contributed by atoms with Gasteiger partial charge in [0, 0.05) is 10.6 Å². The van der Waals surface area contributed by atoms with Gasteiger partial charge in [0.2, 0.25) is 0 Å². The molecule has 3 aromatic rings. The molecule has 0 atom stereocenters. The Hall–Kier alpha value is -1.99. The highest BCUT2D eigenvalue weighted by Gasteiger charge is 2.09. The number of fused-ring (bicyclic) bond motifs is 1. The van der Waals surface area contributed by atoms with E-state index in [4.69, 9.17) is 11.6 Å². The Bertz CT molecular complexity index is 719. The van der Waals surface area contributed by atoms with Crippen LogP contribution in [0, 0.1) is 0 Å². The fourth-order valence-electron chi connectivity index (χ4n) is 2.21. The molecule has 3 rings (SSSR count). The molecule has 0 aliphatic carbocycles. The van der Waals surface area contributed by atoms with Crippen LogP contribution in [0.1, 0.15) is 0 Å². The third-order valence-electron chi connectivity index (χ3n) is 3.02. The van der Waals surface area contributed by atoms with E-state index in [0.29, 0.717) is 5.02 Å². The highest BCUT2D eigenvalue weighted by Crippen LogP contribution is 2.36. The second-order valence-electron chi connectivity index (χ2n) is 4.19. The number of phenolic OH excluding ortho intramolecular Hbond substituents is 1. The van der Waals surface area contributed by atoms with Crippen molar-refractivity contribution >= 4 is 22.4 Å². The Kier molecular flexibility index (Phi) is 2.69. The highest BCUT2D eigenvalue weighted by molar-refractivity contribution is 6.31. The average molecular weight is 255 g/mol. The predicted molar refractivity (Wildman–Crippen MR) is 76.1 cm³/mol. The fourth-order valence-corrected chi connectivity index (χ4v) is 2.40. The van der Waals surface area contributed by atoms with Gasteiger partial charge in [0.05, 0.1) is 0 Å². The van der Waals surface area contributed by atoms with Gasteiger partial charge < -0.3 is 5.11 Å². The molecule has 0 saturated carbocycles. The van der Waals surface area contributed by atoms with Crippen LogP contribution in [0.3, 0.4) is 0 Å². The number of benzene rings is 3. The van der Waals surface area contributed by atoms with Crippen LogP contribution in [-0.2, 0) is 0 Å². The second-order valence-corrected chi connectivity index (χ2v) is 4.63. The maximum atomic E-state index is 10.1. The molecule has 0 unspecified atom stereocenters. The zero-order valence-corrected chi connectivity index (χ0v) is 10.4. The fraction of sp³-hybridized carbons (Fsp3) is 0. The molecule has 1 nitrogen and oxygen atoms in total. The van der Waals surface area contributed by atoms with Crippen molar-refractivity contribution in [2.45, 2.75) is 0 Å². The van der Waals surface area contributed by atoms with Crippen molar-refractivity contribution in [2.75, 3.05) is 0 Å². The maximum absolute atomic E-state index is 10.1. The molecule has 0 bridgehead atoms. The Morgan fingerprint density at radius 2 is 1.67 bits per heavy atom. The molecular formula is C16H11ClO. The van der Waals surface area contributed by atoms with Crippen LogP contribution in [0.2, 0.25) is 5.02 Å². The summed E-state index contributed by atoms with van der Waals surface area (Å²) in [4.78, 5) is 0. The van der Waals surface area contributed by atoms with Gasteiger partial charge in [-0.3, -0.25) is 0 Å². The van der Waals surface area contributed by atoms with Crippen LogP contribution in [0.4, 0.5) is 0 Å². The van der Waals surface area contributed by atoms with E-state index in [9.17, 15) is 5.11 Å². The van der Waals surface area contributed by atoms with Crippen molar-refractivity contribution in [2.24, 2.45) is 0 Å². The number of phenols is 1. The first-order valence-electron chi connectivity index (χ1n) is 5.72. The second kappa shape index (κ2) is 4.35. The van der Waals surface area contributed by atoms with E-state index in [1.807, 2.05) is 54.6 Å². The molecule has 18 heavy (non-hydrogen) atoms. The number of halogens is 1. The van der Waals surface area contributed by atoms with Gasteiger partial charge in [-0.2, -0.15) is 0 Å². The smallest absolute Gasteiger partial charge is 0.124 e. The van der Waals surface area contributed by atoms with Crippen LogP contribution in [0.5, 0.6) is 5.75 Å². The van der Waals surface area contributed by atoms with Crippen LogP contribution in [0.25, 0.3) is 21.9 Å². The van der Waals surface area contributed by atoms with E-state index in [1.165, 1.54) is 0 Å². The average Bonchev–Trinajstić information content (AvgIpc) is 2.38. The van der Waals surface area contributed by atoms with E-state index < -0.39 is 0 Å². The van der Waals surface area contributed by atoms with Gasteiger partial charge in [0.1, 0.15) is 5.75 Å². The van der Waals surface area contributed by atoms with Gasteiger partial charge in [-0.1, -0.05) is 54.1 Å². The van der Waals surface area contributed by atoms with Gasteiger partial charge >= 0.3 is 0 Å². The van der Waals surface area contributed by atoms with Gasteiger partial charge in [0.15, 0.2) is 0 Å². The molecule has 0 heterocycles. The van der Waals surface area contributed by atoms with Gasteiger partial charge in [-0.25, -0.2) is 0 Å². The summed E-state index contributed by atoms with van der Waals surface area (Å²) in [6.07, 6.45) is 0. The molecule has 88 valence electrons. The molecule has 0 aromatic heterocycles. The summed E-state index contributed by atoms with van der Waals surface area (Å²) in [5.41, 5.74) is 1.76. The van der Waals surface area contributed by atoms with Gasteiger partial charge in [-0.15, -0.1) is 0 Å². The molecule has 2 heteroatoms. The molecule has 0 saturated heterocycles. The lowest BCUT2D eigenvalue weighted by Gasteiger charge is -2.09. The van der Waals surface area contributed by atoms with Crippen molar-refractivity contribution in [1.29, 1.82) is 0 Å². The molecule has 0 fully saturated rings. The monoisotopic (exact) mass is 254 g/mol. The zero-order valence-electron chi connectivity index (χ0n) is 9.60. The molecule has 0 radical (unpaired) electrons.